The van der Waals surface area contributed by atoms with Crippen molar-refractivity contribution in [1.29, 1.82) is 0 Å². The molecule has 0 radical (unpaired) electrons. The lowest BCUT2D eigenvalue weighted by molar-refractivity contribution is 0.194. The van der Waals surface area contributed by atoms with Gasteiger partial charge in [-0.2, -0.15) is 0 Å². The van der Waals surface area contributed by atoms with Crippen molar-refractivity contribution in [1.82, 2.24) is 5.32 Å². The van der Waals surface area contributed by atoms with Crippen LogP contribution in [0.4, 0.5) is 4.79 Å². The highest BCUT2D eigenvalue weighted by Gasteiger charge is 1.92. The van der Waals surface area contributed by atoms with Gasteiger partial charge >= 0.3 is 6.09 Å². The van der Waals surface area contributed by atoms with E-state index in [-0.39, 0.29) is 0 Å². The SMILES string of the molecule is CCC=CCC=CCC=CCCCCCCNC(=O)O. The van der Waals surface area contributed by atoms with Gasteiger partial charge in [0.05, 0.1) is 0 Å². The molecule has 3 heteroatoms. The number of amides is 1. The highest BCUT2D eigenvalue weighted by Crippen LogP contribution is 2.03. The van der Waals surface area contributed by atoms with Crippen LogP contribution in [0.2, 0.25) is 0 Å². The molecule has 0 aliphatic heterocycles. The summed E-state index contributed by atoms with van der Waals surface area (Å²) in [5.74, 6) is 0. The highest BCUT2D eigenvalue weighted by atomic mass is 16.4. The maximum absolute atomic E-state index is 10.2. The zero-order chi connectivity index (χ0) is 14.9. The first-order chi connectivity index (χ1) is 9.77. The van der Waals surface area contributed by atoms with E-state index in [0.717, 1.165) is 38.5 Å². The fourth-order valence-electron chi connectivity index (χ4n) is 1.76. The number of nitrogens with one attached hydrogen (secondary N) is 1. The van der Waals surface area contributed by atoms with E-state index >= 15 is 0 Å². The van der Waals surface area contributed by atoms with Crippen molar-refractivity contribution >= 4 is 6.09 Å². The Balaban J connectivity index is 3.23. The summed E-state index contributed by atoms with van der Waals surface area (Å²) < 4.78 is 0. The van der Waals surface area contributed by atoms with E-state index in [0.29, 0.717) is 6.54 Å². The Kier molecular flexibility index (Phi) is 14.4. The second kappa shape index (κ2) is 15.5. The third kappa shape index (κ3) is 16.5. The molecular weight excluding hydrogens is 250 g/mol. The lowest BCUT2D eigenvalue weighted by Gasteiger charge is -2.00. The van der Waals surface area contributed by atoms with Crippen molar-refractivity contribution in [2.45, 2.75) is 58.3 Å². The van der Waals surface area contributed by atoms with Crippen molar-refractivity contribution in [3.05, 3.63) is 36.5 Å². The van der Waals surface area contributed by atoms with E-state index in [9.17, 15) is 4.79 Å². The first-order valence-corrected chi connectivity index (χ1v) is 7.69. The number of hydrogen-bond acceptors (Lipinski definition) is 1. The fourth-order valence-corrected chi connectivity index (χ4v) is 1.76. The minimum absolute atomic E-state index is 0.572. The molecule has 2 N–H and O–H groups in total. The van der Waals surface area contributed by atoms with Crippen LogP contribution in [0.5, 0.6) is 0 Å². The maximum atomic E-state index is 10.2. The van der Waals surface area contributed by atoms with Gasteiger partial charge in [0.1, 0.15) is 0 Å². The van der Waals surface area contributed by atoms with E-state index in [1.165, 1.54) is 12.8 Å². The van der Waals surface area contributed by atoms with Crippen molar-refractivity contribution in [2.24, 2.45) is 0 Å². The molecule has 0 bridgehead atoms. The minimum atomic E-state index is -0.925. The van der Waals surface area contributed by atoms with Gasteiger partial charge in [-0.15, -0.1) is 0 Å². The Morgan fingerprint density at radius 2 is 1.50 bits per heavy atom. The van der Waals surface area contributed by atoms with Gasteiger partial charge in [-0.05, 0) is 38.5 Å². The molecule has 0 unspecified atom stereocenters. The summed E-state index contributed by atoms with van der Waals surface area (Å²) in [7, 11) is 0. The molecule has 0 rings (SSSR count). The standard InChI is InChI=1S/C17H29NO2/c1-2-3-4-5-6-7-8-9-10-11-12-13-14-15-16-18-17(19)20/h3-4,6-7,9-10,18H,2,5,8,11-16H2,1H3,(H,19,20). The number of carbonyl (C=O) groups is 1. The predicted octanol–water partition coefficient (Wildman–Crippen LogP) is 5.06. The molecule has 0 saturated carbocycles. The highest BCUT2D eigenvalue weighted by molar-refractivity contribution is 5.64. The van der Waals surface area contributed by atoms with Crippen molar-refractivity contribution in [3.8, 4) is 0 Å². The second-order valence-electron chi connectivity index (χ2n) is 4.73. The van der Waals surface area contributed by atoms with Crippen LogP contribution in [0, 0.1) is 0 Å². The Labute approximate surface area is 123 Å². The average molecular weight is 279 g/mol. The van der Waals surface area contributed by atoms with Crippen LogP contribution in [-0.4, -0.2) is 17.7 Å². The fraction of sp³-hybridized carbons (Fsp3) is 0.588. The van der Waals surface area contributed by atoms with E-state index < -0.39 is 6.09 Å². The van der Waals surface area contributed by atoms with Gasteiger partial charge in [0.15, 0.2) is 0 Å². The first kappa shape index (κ1) is 18.5. The molecular formula is C17H29NO2. The van der Waals surface area contributed by atoms with Gasteiger partial charge < -0.3 is 10.4 Å². The third-order valence-corrected chi connectivity index (χ3v) is 2.85. The lowest BCUT2D eigenvalue weighted by Crippen LogP contribution is -2.21. The molecule has 0 aromatic carbocycles. The Morgan fingerprint density at radius 3 is 2.15 bits per heavy atom. The van der Waals surface area contributed by atoms with E-state index in [1.54, 1.807) is 0 Å². The van der Waals surface area contributed by atoms with Crippen LogP contribution >= 0.6 is 0 Å². The average Bonchev–Trinajstić information content (AvgIpc) is 2.43. The van der Waals surface area contributed by atoms with Gasteiger partial charge in [0.2, 0.25) is 0 Å². The summed E-state index contributed by atoms with van der Waals surface area (Å²) in [6, 6.07) is 0. The molecule has 0 saturated heterocycles. The van der Waals surface area contributed by atoms with Crippen LogP contribution in [0.15, 0.2) is 36.5 Å². The summed E-state index contributed by atoms with van der Waals surface area (Å²) in [6.07, 6.45) is 21.0. The van der Waals surface area contributed by atoms with Crippen molar-refractivity contribution in [2.75, 3.05) is 6.54 Å². The van der Waals surface area contributed by atoms with Crippen LogP contribution in [0.1, 0.15) is 58.3 Å². The Hall–Kier alpha value is -1.51. The smallest absolute Gasteiger partial charge is 0.404 e. The number of unbranched alkanes of at least 4 members (excludes halogenated alkanes) is 4. The van der Waals surface area contributed by atoms with E-state index in [4.69, 9.17) is 5.11 Å². The number of allylic oxidation sites excluding steroid dienone is 6. The van der Waals surface area contributed by atoms with E-state index in [1.807, 2.05) is 0 Å². The molecule has 0 aliphatic rings. The van der Waals surface area contributed by atoms with Crippen LogP contribution < -0.4 is 5.32 Å². The molecule has 114 valence electrons. The lowest BCUT2D eigenvalue weighted by atomic mass is 10.1. The molecule has 3 nitrogen and oxygen atoms in total. The molecule has 0 aromatic rings. The maximum Gasteiger partial charge on any atom is 0.404 e. The van der Waals surface area contributed by atoms with Crippen molar-refractivity contribution in [3.63, 3.8) is 0 Å². The van der Waals surface area contributed by atoms with Crippen molar-refractivity contribution < 1.29 is 9.90 Å². The molecule has 0 spiro atoms. The number of rotatable bonds is 12. The molecule has 0 aromatic heterocycles. The van der Waals surface area contributed by atoms with Crippen LogP contribution in [-0.2, 0) is 0 Å². The Morgan fingerprint density at radius 1 is 0.900 bits per heavy atom. The topological polar surface area (TPSA) is 49.3 Å². The van der Waals surface area contributed by atoms with Crippen LogP contribution in [0.3, 0.4) is 0 Å². The quantitative estimate of drug-likeness (QED) is 0.387. The third-order valence-electron chi connectivity index (χ3n) is 2.85. The molecule has 0 aliphatic carbocycles. The molecule has 20 heavy (non-hydrogen) atoms. The summed E-state index contributed by atoms with van der Waals surface area (Å²) in [6.45, 7) is 2.72. The molecule has 0 atom stereocenters. The van der Waals surface area contributed by atoms with Gasteiger partial charge in [-0.25, -0.2) is 4.79 Å². The first-order valence-electron chi connectivity index (χ1n) is 7.69. The summed E-state index contributed by atoms with van der Waals surface area (Å²) in [5, 5.41) is 10.8. The largest absolute Gasteiger partial charge is 0.465 e. The van der Waals surface area contributed by atoms with Gasteiger partial charge in [0, 0.05) is 6.54 Å². The van der Waals surface area contributed by atoms with Crippen LogP contribution in [0.25, 0.3) is 0 Å². The monoisotopic (exact) mass is 279 g/mol. The molecule has 1 amide bonds. The second-order valence-corrected chi connectivity index (χ2v) is 4.73. The predicted molar refractivity (Wildman–Crippen MR) is 86.1 cm³/mol. The van der Waals surface area contributed by atoms with Gasteiger partial charge in [-0.1, -0.05) is 56.2 Å². The minimum Gasteiger partial charge on any atom is -0.465 e. The summed E-state index contributed by atoms with van der Waals surface area (Å²) in [5.41, 5.74) is 0. The molecule has 0 heterocycles. The summed E-state index contributed by atoms with van der Waals surface area (Å²) in [4.78, 5) is 10.2. The number of hydrogen-bond donors (Lipinski definition) is 2. The zero-order valence-corrected chi connectivity index (χ0v) is 12.7. The molecule has 0 fully saturated rings. The van der Waals surface area contributed by atoms with E-state index in [2.05, 4.69) is 48.7 Å². The summed E-state index contributed by atoms with van der Waals surface area (Å²) >= 11 is 0. The van der Waals surface area contributed by atoms with Gasteiger partial charge in [0.25, 0.3) is 0 Å². The zero-order valence-electron chi connectivity index (χ0n) is 12.7. The number of carboxylic acid groups (broad SMARTS) is 1. The van der Waals surface area contributed by atoms with Gasteiger partial charge in [-0.3, -0.25) is 0 Å². The normalized spacial score (nSPS) is 11.8. The Bertz CT molecular complexity index is 306.